The molecule has 49 heavy (non-hydrogen) atoms. The van der Waals surface area contributed by atoms with Gasteiger partial charge in [-0.15, -0.1) is 6.42 Å². The van der Waals surface area contributed by atoms with Gasteiger partial charge in [0.2, 0.25) is 5.28 Å². The van der Waals surface area contributed by atoms with E-state index in [0.717, 1.165) is 0 Å². The van der Waals surface area contributed by atoms with Gasteiger partial charge in [0.05, 0.1) is 19.5 Å². The molecule has 262 valence electrons. The number of β-amino-alcohol motifs (C(OH)–C–C–N with tert-alkyl or cyclic N) is 1. The van der Waals surface area contributed by atoms with Crippen LogP contribution in [0.2, 0.25) is 5.28 Å². The van der Waals surface area contributed by atoms with Crippen LogP contribution in [-0.2, 0) is 25.5 Å². The number of benzene rings is 1. The summed E-state index contributed by atoms with van der Waals surface area (Å²) in [5.74, 6) is -1.30. The lowest BCUT2D eigenvalue weighted by atomic mass is 9.91. The maximum atomic E-state index is 12.8. The first-order valence-electron chi connectivity index (χ1n) is 15.3. The SMILES string of the molecule is C#C[C@@]1(O)[C@@H](COC(Cc2ccc(N3CCCN(CCO)C3=O)cc2)(C(=O)O)C(=O)O)O[C@@H](n2cnc3c(NC(C)C)nc(Cl)nc32)[C@@H]1O. The second-order valence-electron chi connectivity index (χ2n) is 12.0. The van der Waals surface area contributed by atoms with Crippen LogP contribution in [0.1, 0.15) is 32.1 Å². The van der Waals surface area contributed by atoms with Gasteiger partial charge >= 0.3 is 18.0 Å². The fourth-order valence-corrected chi connectivity index (χ4v) is 6.00. The van der Waals surface area contributed by atoms with Crippen LogP contribution in [0.3, 0.4) is 0 Å². The fourth-order valence-electron chi connectivity index (χ4n) is 5.83. The number of aliphatic carboxylic acids is 2. The Hall–Kier alpha value is -4.57. The number of imidazole rings is 1. The molecule has 2 aliphatic rings. The summed E-state index contributed by atoms with van der Waals surface area (Å²) in [6.07, 6.45) is 2.01. The van der Waals surface area contributed by atoms with E-state index >= 15 is 0 Å². The standard InChI is InChI=1S/C31H36ClN7O10/c1-4-30(47)20(49-25(22(30)41)39-16-33-21-23(34-17(2)3)35-28(32)36-24(21)39)15-48-31(26(42)43,27(44)45)14-18-6-8-19(9-7-18)38-11-5-10-37(12-13-40)29(38)46/h1,6-9,16-17,20,22,25,40-41,47H,5,10-15H2,2-3H3,(H,42,43)(H,44,45)(H,34,35,36)/t20-,22+,25-,30-/m1/s1. The predicted octanol–water partition coefficient (Wildman–Crippen LogP) is 0.714. The van der Waals surface area contributed by atoms with Crippen molar-refractivity contribution in [2.24, 2.45) is 0 Å². The molecule has 17 nitrogen and oxygen atoms in total. The van der Waals surface area contributed by atoms with Gasteiger partial charge in [0.1, 0.15) is 12.2 Å². The van der Waals surface area contributed by atoms with Crippen molar-refractivity contribution >= 4 is 52.2 Å². The lowest BCUT2D eigenvalue weighted by Crippen LogP contribution is -2.55. The van der Waals surface area contributed by atoms with Crippen LogP contribution < -0.4 is 10.2 Å². The molecule has 4 atom stereocenters. The van der Waals surface area contributed by atoms with Crippen molar-refractivity contribution in [2.75, 3.05) is 43.1 Å². The highest BCUT2D eigenvalue weighted by molar-refractivity contribution is 6.28. The van der Waals surface area contributed by atoms with E-state index in [1.165, 1.54) is 32.8 Å². The van der Waals surface area contributed by atoms with Crippen molar-refractivity contribution in [3.05, 3.63) is 41.4 Å². The Morgan fingerprint density at radius 2 is 1.92 bits per heavy atom. The summed E-state index contributed by atoms with van der Waals surface area (Å²) >= 11 is 6.14. The molecule has 1 aromatic carbocycles. The van der Waals surface area contributed by atoms with Crippen LogP contribution in [0.5, 0.6) is 0 Å². The second kappa shape index (κ2) is 14.1. The van der Waals surface area contributed by atoms with Crippen molar-refractivity contribution in [3.63, 3.8) is 0 Å². The zero-order valence-corrected chi connectivity index (χ0v) is 27.3. The molecule has 0 spiro atoms. The Morgan fingerprint density at radius 1 is 1.22 bits per heavy atom. The maximum Gasteiger partial charge on any atom is 0.348 e. The number of carboxylic acid groups (broad SMARTS) is 2. The lowest BCUT2D eigenvalue weighted by molar-refractivity contribution is -0.191. The van der Waals surface area contributed by atoms with Crippen molar-refractivity contribution in [1.82, 2.24) is 24.4 Å². The molecule has 2 saturated heterocycles. The highest BCUT2D eigenvalue weighted by Gasteiger charge is 2.58. The van der Waals surface area contributed by atoms with E-state index in [1.54, 1.807) is 12.1 Å². The van der Waals surface area contributed by atoms with Crippen LogP contribution in [0, 0.1) is 12.3 Å². The number of amides is 2. The summed E-state index contributed by atoms with van der Waals surface area (Å²) in [5, 5.41) is 55.0. The van der Waals surface area contributed by atoms with Gasteiger partial charge in [0.25, 0.3) is 5.60 Å². The fraction of sp³-hybridized carbons (Fsp3) is 0.484. The zero-order valence-electron chi connectivity index (χ0n) is 26.6. The molecule has 2 aromatic heterocycles. The quantitative estimate of drug-likeness (QED) is 0.0819. The number of nitrogens with one attached hydrogen (secondary N) is 1. The first-order valence-corrected chi connectivity index (χ1v) is 15.7. The molecule has 2 fully saturated rings. The van der Waals surface area contributed by atoms with Crippen molar-refractivity contribution in [2.45, 2.75) is 62.4 Å². The number of urea groups is 1. The van der Waals surface area contributed by atoms with Gasteiger partial charge in [0.15, 0.2) is 28.8 Å². The van der Waals surface area contributed by atoms with Gasteiger partial charge in [-0.05, 0) is 49.6 Å². The van der Waals surface area contributed by atoms with Gasteiger partial charge in [-0.1, -0.05) is 18.1 Å². The summed E-state index contributed by atoms with van der Waals surface area (Å²) in [5.41, 5.74) is -4.21. The number of aromatic nitrogens is 4. The van der Waals surface area contributed by atoms with E-state index in [1.807, 2.05) is 13.8 Å². The number of aliphatic hydroxyl groups excluding tert-OH is 2. The summed E-state index contributed by atoms with van der Waals surface area (Å²) in [6.45, 7) is 3.80. The summed E-state index contributed by atoms with van der Waals surface area (Å²) in [7, 11) is 0. The smallest absolute Gasteiger partial charge is 0.348 e. The van der Waals surface area contributed by atoms with E-state index in [2.05, 4.69) is 26.2 Å². The zero-order chi connectivity index (χ0) is 35.7. The largest absolute Gasteiger partial charge is 0.479 e. The average Bonchev–Trinajstić information content (AvgIpc) is 3.58. The van der Waals surface area contributed by atoms with Crippen molar-refractivity contribution in [1.29, 1.82) is 0 Å². The highest BCUT2D eigenvalue weighted by atomic mass is 35.5. The number of halogens is 1. The molecular weight excluding hydrogens is 666 g/mol. The first kappa shape index (κ1) is 35.7. The van der Waals surface area contributed by atoms with Crippen LogP contribution in [0.25, 0.3) is 11.2 Å². The van der Waals surface area contributed by atoms with Gasteiger partial charge in [0, 0.05) is 37.8 Å². The van der Waals surface area contributed by atoms with Crippen LogP contribution in [0.15, 0.2) is 30.6 Å². The molecule has 18 heteroatoms. The molecule has 6 N–H and O–H groups in total. The Bertz CT molecular complexity index is 1750. The molecule has 5 rings (SSSR count). The summed E-state index contributed by atoms with van der Waals surface area (Å²) < 4.78 is 12.7. The molecular formula is C31H36ClN7O10. The van der Waals surface area contributed by atoms with E-state index in [0.29, 0.717) is 31.0 Å². The first-order chi connectivity index (χ1) is 23.2. The monoisotopic (exact) mass is 701 g/mol. The Morgan fingerprint density at radius 3 is 2.53 bits per heavy atom. The van der Waals surface area contributed by atoms with Gasteiger partial charge in [-0.3, -0.25) is 9.47 Å². The van der Waals surface area contributed by atoms with Gasteiger partial charge in [-0.25, -0.2) is 19.4 Å². The van der Waals surface area contributed by atoms with E-state index in [9.17, 15) is 39.9 Å². The molecule has 3 aromatic rings. The molecule has 4 heterocycles. The average molecular weight is 702 g/mol. The normalized spacial score (nSPS) is 22.9. The molecule has 2 aliphatic heterocycles. The van der Waals surface area contributed by atoms with Crippen molar-refractivity contribution < 1.29 is 49.4 Å². The number of carboxylic acids is 2. The molecule has 0 unspecified atom stereocenters. The second-order valence-corrected chi connectivity index (χ2v) is 12.3. The van der Waals surface area contributed by atoms with Crippen LogP contribution in [-0.4, -0.2) is 130 Å². The van der Waals surface area contributed by atoms with Gasteiger partial charge in [-0.2, -0.15) is 9.97 Å². The summed E-state index contributed by atoms with van der Waals surface area (Å²) in [6, 6.07) is 5.70. The number of nitrogens with zero attached hydrogens (tertiary/aromatic N) is 6. The summed E-state index contributed by atoms with van der Waals surface area (Å²) in [4.78, 5) is 53.5. The molecule has 0 radical (unpaired) electrons. The maximum absolute atomic E-state index is 12.8. The Labute approximate surface area is 285 Å². The number of hydrogen-bond donors (Lipinski definition) is 6. The van der Waals surface area contributed by atoms with Crippen LogP contribution in [0.4, 0.5) is 16.3 Å². The number of carbonyl (C=O) groups excluding carboxylic acids is 1. The lowest BCUT2D eigenvalue weighted by Gasteiger charge is -2.35. The topological polar surface area (TPSA) is 233 Å². The number of terminal acetylenes is 1. The number of anilines is 2. The number of carbonyl (C=O) groups is 3. The van der Waals surface area contributed by atoms with E-state index in [-0.39, 0.29) is 47.2 Å². The van der Waals surface area contributed by atoms with Crippen LogP contribution >= 0.6 is 11.6 Å². The third-order valence-corrected chi connectivity index (χ3v) is 8.56. The minimum absolute atomic E-state index is 0.0513. The molecule has 0 saturated carbocycles. The number of aliphatic hydroxyl groups is 3. The third-order valence-electron chi connectivity index (χ3n) is 8.39. The highest BCUT2D eigenvalue weighted by Crippen LogP contribution is 2.40. The minimum Gasteiger partial charge on any atom is -0.479 e. The predicted molar refractivity (Wildman–Crippen MR) is 173 cm³/mol. The Kier molecular flexibility index (Phi) is 10.3. The van der Waals surface area contributed by atoms with E-state index in [4.69, 9.17) is 27.5 Å². The molecule has 2 amide bonds. The molecule has 0 aliphatic carbocycles. The Balaban J connectivity index is 1.38. The van der Waals surface area contributed by atoms with E-state index < -0.39 is 54.6 Å². The third kappa shape index (κ3) is 6.71. The van der Waals surface area contributed by atoms with Gasteiger partial charge < -0.3 is 45.2 Å². The molecule has 0 bridgehead atoms. The van der Waals surface area contributed by atoms with Crippen molar-refractivity contribution in [3.8, 4) is 12.3 Å². The number of fused-ring (bicyclic) bond motifs is 1. The number of rotatable bonds is 13. The number of ether oxygens (including phenoxy) is 2. The number of hydrogen-bond acceptors (Lipinski definition) is 12. The minimum atomic E-state index is -2.87.